The number of aliphatic hydroxyl groups excluding tert-OH is 1. The fourth-order valence-electron chi connectivity index (χ4n) is 3.62. The first-order valence-corrected chi connectivity index (χ1v) is 11.3. The van der Waals surface area contributed by atoms with Gasteiger partial charge in [-0.1, -0.05) is 32.1 Å². The predicted octanol–water partition coefficient (Wildman–Crippen LogP) is 2.72. The average Bonchev–Trinajstić information content (AvgIpc) is 2.74. The maximum atomic E-state index is 13.0. The molecule has 8 nitrogen and oxygen atoms in total. The molecule has 1 amide bonds. The Kier molecular flexibility index (Phi) is 11.5. The molecule has 1 aromatic carbocycles. The molecule has 0 radical (unpaired) electrons. The van der Waals surface area contributed by atoms with E-state index in [4.69, 9.17) is 0 Å². The van der Waals surface area contributed by atoms with Gasteiger partial charge in [-0.05, 0) is 44.7 Å². The molecule has 0 aliphatic carbocycles. The lowest BCUT2D eigenvalue weighted by atomic mass is 9.86. The molecule has 0 aliphatic heterocycles. The number of rotatable bonds is 14. The Labute approximate surface area is 200 Å². The SMILES string of the molecule is CC(=O)/C=C/[C@H](CC(C)=O)CC(=O)[C@H](CO)NC(=O)[C@@H](CC(=O)c1cccc(O)c1C)C(C)C. The molecule has 0 aliphatic rings. The van der Waals surface area contributed by atoms with E-state index < -0.39 is 36.2 Å². The van der Waals surface area contributed by atoms with Crippen molar-refractivity contribution in [1.82, 2.24) is 5.32 Å². The van der Waals surface area contributed by atoms with Crippen LogP contribution < -0.4 is 5.32 Å². The highest BCUT2D eigenvalue weighted by Crippen LogP contribution is 2.25. The molecule has 8 heteroatoms. The highest BCUT2D eigenvalue weighted by Gasteiger charge is 2.30. The van der Waals surface area contributed by atoms with Crippen molar-refractivity contribution < 1.29 is 34.2 Å². The van der Waals surface area contributed by atoms with Crippen molar-refractivity contribution in [2.45, 2.75) is 59.9 Å². The van der Waals surface area contributed by atoms with Crippen LogP contribution in [0.3, 0.4) is 0 Å². The number of ketones is 4. The van der Waals surface area contributed by atoms with Crippen molar-refractivity contribution in [2.75, 3.05) is 6.61 Å². The molecule has 0 saturated carbocycles. The molecule has 0 fully saturated rings. The normalized spacial score (nSPS) is 14.0. The van der Waals surface area contributed by atoms with Gasteiger partial charge in [0.2, 0.25) is 5.91 Å². The summed E-state index contributed by atoms with van der Waals surface area (Å²) in [5.74, 6) is -3.26. The van der Waals surface area contributed by atoms with Gasteiger partial charge in [0.25, 0.3) is 0 Å². The molecule has 34 heavy (non-hydrogen) atoms. The molecule has 0 aromatic heterocycles. The van der Waals surface area contributed by atoms with Crippen LogP contribution in [0.5, 0.6) is 5.75 Å². The summed E-state index contributed by atoms with van der Waals surface area (Å²) in [7, 11) is 0. The van der Waals surface area contributed by atoms with Crippen molar-refractivity contribution in [2.24, 2.45) is 17.8 Å². The van der Waals surface area contributed by atoms with Crippen LogP contribution >= 0.6 is 0 Å². The van der Waals surface area contributed by atoms with Crippen LogP contribution in [0.4, 0.5) is 0 Å². The van der Waals surface area contributed by atoms with E-state index in [2.05, 4.69) is 5.32 Å². The lowest BCUT2D eigenvalue weighted by molar-refractivity contribution is -0.132. The quantitative estimate of drug-likeness (QED) is 0.279. The van der Waals surface area contributed by atoms with Gasteiger partial charge in [-0.2, -0.15) is 0 Å². The number of aliphatic hydroxyl groups is 1. The molecule has 0 unspecified atom stereocenters. The third-order valence-corrected chi connectivity index (χ3v) is 5.66. The van der Waals surface area contributed by atoms with E-state index in [1.54, 1.807) is 32.9 Å². The second-order valence-corrected chi connectivity index (χ2v) is 8.98. The van der Waals surface area contributed by atoms with Gasteiger partial charge in [0.1, 0.15) is 17.6 Å². The maximum absolute atomic E-state index is 13.0. The highest BCUT2D eigenvalue weighted by molar-refractivity contribution is 6.00. The molecule has 0 spiro atoms. The first-order valence-electron chi connectivity index (χ1n) is 11.3. The summed E-state index contributed by atoms with van der Waals surface area (Å²) in [5, 5.41) is 22.1. The monoisotopic (exact) mass is 473 g/mol. The average molecular weight is 474 g/mol. The Morgan fingerprint density at radius 1 is 1.03 bits per heavy atom. The number of allylic oxidation sites excluding steroid dienone is 2. The minimum atomic E-state index is -1.20. The lowest BCUT2D eigenvalue weighted by Crippen LogP contribution is -2.47. The number of aromatic hydroxyl groups is 1. The van der Waals surface area contributed by atoms with Gasteiger partial charge in [0.05, 0.1) is 6.61 Å². The largest absolute Gasteiger partial charge is 0.508 e. The van der Waals surface area contributed by atoms with Crippen molar-refractivity contribution in [3.8, 4) is 5.75 Å². The van der Waals surface area contributed by atoms with Gasteiger partial charge in [0.15, 0.2) is 17.3 Å². The van der Waals surface area contributed by atoms with Crippen LogP contribution in [0, 0.1) is 24.7 Å². The van der Waals surface area contributed by atoms with E-state index >= 15 is 0 Å². The summed E-state index contributed by atoms with van der Waals surface area (Å²) >= 11 is 0. The fourth-order valence-corrected chi connectivity index (χ4v) is 3.62. The number of Topliss-reactive ketones (excluding diaryl/α,β-unsaturated/α-hetero) is 3. The molecular formula is C26H35NO7. The molecule has 186 valence electrons. The van der Waals surface area contributed by atoms with Gasteiger partial charge in [-0.25, -0.2) is 0 Å². The summed E-state index contributed by atoms with van der Waals surface area (Å²) < 4.78 is 0. The van der Waals surface area contributed by atoms with Gasteiger partial charge < -0.3 is 20.3 Å². The van der Waals surface area contributed by atoms with Crippen molar-refractivity contribution in [1.29, 1.82) is 0 Å². The molecule has 3 atom stereocenters. The Morgan fingerprint density at radius 2 is 1.68 bits per heavy atom. The highest BCUT2D eigenvalue weighted by atomic mass is 16.3. The summed E-state index contributed by atoms with van der Waals surface area (Å²) in [6.45, 7) is 7.26. The van der Waals surface area contributed by atoms with Crippen LogP contribution in [0.1, 0.15) is 62.9 Å². The van der Waals surface area contributed by atoms with Crippen LogP contribution in [0.15, 0.2) is 30.4 Å². The molecule has 3 N–H and O–H groups in total. The first kappa shape index (κ1) is 28.9. The van der Waals surface area contributed by atoms with E-state index in [1.807, 2.05) is 0 Å². The van der Waals surface area contributed by atoms with Crippen LogP contribution in [0.25, 0.3) is 0 Å². The molecular weight excluding hydrogens is 438 g/mol. The van der Waals surface area contributed by atoms with Crippen LogP contribution in [0.2, 0.25) is 0 Å². The number of phenols is 1. The number of hydrogen-bond donors (Lipinski definition) is 3. The lowest BCUT2D eigenvalue weighted by Gasteiger charge is -2.24. The van der Waals surface area contributed by atoms with Crippen molar-refractivity contribution >= 4 is 29.0 Å². The third kappa shape index (κ3) is 9.02. The second kappa shape index (κ2) is 13.5. The summed E-state index contributed by atoms with van der Waals surface area (Å²) in [5.41, 5.74) is 0.742. The number of benzene rings is 1. The standard InChI is InChI=1S/C26H35NO7/c1-15(2)21(13-24(32)20-7-6-8-23(31)18(20)5)26(34)27-22(14-28)25(33)12-19(11-17(4)30)10-9-16(3)29/h6-10,15,19,21-22,28,31H,11-14H2,1-5H3,(H,27,34)/b10-9+/t19-,21+,22+/m1/s1. The Balaban J connectivity index is 2.96. The zero-order chi connectivity index (χ0) is 26.0. The number of carbonyl (C=O) groups is 5. The fraction of sp³-hybridized carbons (Fsp3) is 0.500. The number of phenolic OH excluding ortho intramolecular Hbond substituents is 1. The molecule has 1 aromatic rings. The number of carbonyl (C=O) groups excluding carboxylic acids is 5. The molecule has 1 rings (SSSR count). The Bertz CT molecular complexity index is 948. The van der Waals surface area contributed by atoms with E-state index in [9.17, 15) is 34.2 Å². The third-order valence-electron chi connectivity index (χ3n) is 5.66. The van der Waals surface area contributed by atoms with E-state index in [1.165, 1.54) is 32.1 Å². The maximum Gasteiger partial charge on any atom is 0.224 e. The van der Waals surface area contributed by atoms with E-state index in [0.29, 0.717) is 11.1 Å². The number of amides is 1. The molecule has 0 bridgehead atoms. The minimum Gasteiger partial charge on any atom is -0.508 e. The van der Waals surface area contributed by atoms with E-state index in [0.717, 1.165) is 0 Å². The summed E-state index contributed by atoms with van der Waals surface area (Å²) in [6.07, 6.45) is 2.56. The predicted molar refractivity (Wildman–Crippen MR) is 127 cm³/mol. The minimum absolute atomic E-state index is 0.0127. The Morgan fingerprint density at radius 3 is 2.21 bits per heavy atom. The number of hydrogen-bond acceptors (Lipinski definition) is 7. The zero-order valence-electron chi connectivity index (χ0n) is 20.5. The first-order chi connectivity index (χ1) is 15.9. The smallest absolute Gasteiger partial charge is 0.224 e. The van der Waals surface area contributed by atoms with Crippen LogP contribution in [-0.4, -0.2) is 51.9 Å². The summed E-state index contributed by atoms with van der Waals surface area (Å²) in [6, 6.07) is 3.41. The zero-order valence-corrected chi connectivity index (χ0v) is 20.5. The van der Waals surface area contributed by atoms with Gasteiger partial charge in [-0.15, -0.1) is 0 Å². The van der Waals surface area contributed by atoms with Gasteiger partial charge >= 0.3 is 0 Å². The van der Waals surface area contributed by atoms with Crippen LogP contribution in [-0.2, 0) is 19.2 Å². The second-order valence-electron chi connectivity index (χ2n) is 8.98. The summed E-state index contributed by atoms with van der Waals surface area (Å²) in [4.78, 5) is 61.3. The molecule has 0 saturated heterocycles. The van der Waals surface area contributed by atoms with Crippen molar-refractivity contribution in [3.63, 3.8) is 0 Å². The van der Waals surface area contributed by atoms with Gasteiger partial charge in [-0.3, -0.25) is 19.2 Å². The van der Waals surface area contributed by atoms with Crippen molar-refractivity contribution in [3.05, 3.63) is 41.5 Å². The number of nitrogens with one attached hydrogen (secondary N) is 1. The van der Waals surface area contributed by atoms with E-state index in [-0.39, 0.29) is 48.3 Å². The topological polar surface area (TPSA) is 138 Å². The molecule has 0 heterocycles. The Hall–Kier alpha value is -3.13. The van der Waals surface area contributed by atoms with Gasteiger partial charge in [0, 0.05) is 36.3 Å².